The lowest BCUT2D eigenvalue weighted by Gasteiger charge is -2.31. The summed E-state index contributed by atoms with van der Waals surface area (Å²) in [6, 6.07) is 4.02. The Morgan fingerprint density at radius 1 is 1.61 bits per heavy atom. The molecular formula is C13H20N2O3. The van der Waals surface area contributed by atoms with E-state index in [2.05, 4.69) is 17.1 Å². The number of rotatable bonds is 4. The maximum absolute atomic E-state index is 11.5. The second-order valence-electron chi connectivity index (χ2n) is 4.58. The molecule has 0 bridgehead atoms. The number of ether oxygens (including phenoxy) is 1. The Hall–Kier alpha value is -1.33. The molecule has 5 nitrogen and oxygen atoms in total. The van der Waals surface area contributed by atoms with Crippen molar-refractivity contribution >= 4 is 5.97 Å². The molecule has 0 aliphatic carbocycles. The summed E-state index contributed by atoms with van der Waals surface area (Å²) in [5.41, 5.74) is 0. The third kappa shape index (κ3) is 3.34. The molecular weight excluding hydrogens is 232 g/mol. The minimum absolute atomic E-state index is 0.287. The van der Waals surface area contributed by atoms with Crippen LogP contribution < -0.4 is 5.32 Å². The van der Waals surface area contributed by atoms with Crippen LogP contribution in [0.3, 0.4) is 0 Å². The van der Waals surface area contributed by atoms with E-state index in [1.807, 2.05) is 6.07 Å². The van der Waals surface area contributed by atoms with Crippen molar-refractivity contribution in [3.63, 3.8) is 0 Å². The molecule has 1 atom stereocenters. The number of hydrogen-bond donors (Lipinski definition) is 1. The number of esters is 1. The summed E-state index contributed by atoms with van der Waals surface area (Å²) in [6.07, 6.45) is 0. The summed E-state index contributed by atoms with van der Waals surface area (Å²) in [5, 5.41) is 3.39. The Bertz CT molecular complexity index is 403. The van der Waals surface area contributed by atoms with Crippen molar-refractivity contribution in [1.82, 2.24) is 10.2 Å². The van der Waals surface area contributed by atoms with Gasteiger partial charge in [0.1, 0.15) is 5.76 Å². The van der Waals surface area contributed by atoms with Crippen LogP contribution in [0.4, 0.5) is 0 Å². The summed E-state index contributed by atoms with van der Waals surface area (Å²) in [6.45, 7) is 8.04. The van der Waals surface area contributed by atoms with Gasteiger partial charge in [0.15, 0.2) is 0 Å². The van der Waals surface area contributed by atoms with Crippen LogP contribution in [0.15, 0.2) is 16.5 Å². The quantitative estimate of drug-likeness (QED) is 0.817. The molecule has 1 aliphatic rings. The van der Waals surface area contributed by atoms with Gasteiger partial charge in [-0.1, -0.05) is 0 Å². The van der Waals surface area contributed by atoms with Gasteiger partial charge >= 0.3 is 5.97 Å². The monoisotopic (exact) mass is 252 g/mol. The number of nitrogens with zero attached hydrogens (tertiary/aromatic N) is 1. The molecule has 2 heterocycles. The third-order valence-corrected chi connectivity index (χ3v) is 2.97. The van der Waals surface area contributed by atoms with Crippen LogP contribution in [0.25, 0.3) is 0 Å². The molecule has 1 aromatic heterocycles. The van der Waals surface area contributed by atoms with Gasteiger partial charge in [0.2, 0.25) is 5.76 Å². The third-order valence-electron chi connectivity index (χ3n) is 2.97. The van der Waals surface area contributed by atoms with E-state index in [0.717, 1.165) is 31.9 Å². The normalized spacial score (nSPS) is 20.9. The van der Waals surface area contributed by atoms with E-state index in [-0.39, 0.29) is 5.76 Å². The van der Waals surface area contributed by atoms with Crippen LogP contribution in [0.1, 0.15) is 30.2 Å². The van der Waals surface area contributed by atoms with Crippen molar-refractivity contribution in [3.8, 4) is 0 Å². The first-order valence-corrected chi connectivity index (χ1v) is 6.40. The van der Waals surface area contributed by atoms with Crippen molar-refractivity contribution in [2.75, 3.05) is 26.2 Å². The molecule has 0 unspecified atom stereocenters. The van der Waals surface area contributed by atoms with Gasteiger partial charge in [0, 0.05) is 25.7 Å². The first-order valence-electron chi connectivity index (χ1n) is 6.40. The lowest BCUT2D eigenvalue weighted by molar-refractivity contribution is 0.0485. The Balaban J connectivity index is 1.91. The van der Waals surface area contributed by atoms with E-state index in [4.69, 9.17) is 9.15 Å². The van der Waals surface area contributed by atoms with Crippen LogP contribution in [0.5, 0.6) is 0 Å². The lowest BCUT2D eigenvalue weighted by Crippen LogP contribution is -2.48. The smallest absolute Gasteiger partial charge is 0.374 e. The zero-order chi connectivity index (χ0) is 13.0. The first-order chi connectivity index (χ1) is 8.69. The highest BCUT2D eigenvalue weighted by Gasteiger charge is 2.18. The number of hydrogen-bond acceptors (Lipinski definition) is 5. The van der Waals surface area contributed by atoms with Gasteiger partial charge in [-0.25, -0.2) is 4.79 Å². The first kappa shape index (κ1) is 13.1. The maximum atomic E-state index is 11.5. The van der Waals surface area contributed by atoms with Crippen LogP contribution in [-0.4, -0.2) is 43.2 Å². The van der Waals surface area contributed by atoms with Crippen LogP contribution in [0, 0.1) is 0 Å². The van der Waals surface area contributed by atoms with Gasteiger partial charge in [-0.2, -0.15) is 0 Å². The Morgan fingerprint density at radius 2 is 2.44 bits per heavy atom. The maximum Gasteiger partial charge on any atom is 0.374 e. The minimum Gasteiger partial charge on any atom is -0.460 e. The van der Waals surface area contributed by atoms with Gasteiger partial charge in [-0.15, -0.1) is 0 Å². The van der Waals surface area contributed by atoms with Crippen molar-refractivity contribution in [1.29, 1.82) is 0 Å². The van der Waals surface area contributed by atoms with Crippen molar-refractivity contribution in [2.24, 2.45) is 0 Å². The van der Waals surface area contributed by atoms with Gasteiger partial charge in [-0.05, 0) is 26.0 Å². The van der Waals surface area contributed by atoms with Crippen LogP contribution >= 0.6 is 0 Å². The van der Waals surface area contributed by atoms with Crippen LogP contribution in [-0.2, 0) is 11.3 Å². The molecule has 0 spiro atoms. The molecule has 1 aliphatic heterocycles. The molecule has 5 heteroatoms. The second kappa shape index (κ2) is 6.02. The largest absolute Gasteiger partial charge is 0.460 e. The fourth-order valence-corrected chi connectivity index (χ4v) is 2.15. The molecule has 18 heavy (non-hydrogen) atoms. The number of carbonyl (C=O) groups is 1. The zero-order valence-electron chi connectivity index (χ0n) is 10.9. The molecule has 1 N–H and O–H groups in total. The summed E-state index contributed by atoms with van der Waals surface area (Å²) in [7, 11) is 0. The fraction of sp³-hybridized carbons (Fsp3) is 0.615. The molecule has 100 valence electrons. The Kier molecular flexibility index (Phi) is 4.38. The predicted molar refractivity (Wildman–Crippen MR) is 67.4 cm³/mol. The summed E-state index contributed by atoms with van der Waals surface area (Å²) >= 11 is 0. The number of furan rings is 1. The van der Waals surface area contributed by atoms with Crippen molar-refractivity contribution < 1.29 is 13.9 Å². The zero-order valence-corrected chi connectivity index (χ0v) is 10.9. The van der Waals surface area contributed by atoms with E-state index < -0.39 is 5.97 Å². The Morgan fingerprint density at radius 3 is 3.17 bits per heavy atom. The molecule has 2 rings (SSSR count). The topological polar surface area (TPSA) is 54.7 Å². The molecule has 0 amide bonds. The lowest BCUT2D eigenvalue weighted by atomic mass is 10.2. The SMILES string of the molecule is CCOC(=O)c1ccc(CN2CCN[C@H](C)C2)o1. The number of nitrogens with one attached hydrogen (secondary N) is 1. The summed E-state index contributed by atoms with van der Waals surface area (Å²) in [4.78, 5) is 13.8. The molecule has 1 fully saturated rings. The predicted octanol–water partition coefficient (Wildman–Crippen LogP) is 1.25. The van der Waals surface area contributed by atoms with Gasteiger partial charge in [0.25, 0.3) is 0 Å². The highest BCUT2D eigenvalue weighted by molar-refractivity contribution is 5.86. The molecule has 1 saturated heterocycles. The average molecular weight is 252 g/mol. The number of piperazine rings is 1. The molecule has 1 aromatic rings. The van der Waals surface area contributed by atoms with E-state index in [1.165, 1.54) is 0 Å². The fourth-order valence-electron chi connectivity index (χ4n) is 2.15. The van der Waals surface area contributed by atoms with Crippen molar-refractivity contribution in [2.45, 2.75) is 26.4 Å². The van der Waals surface area contributed by atoms with Crippen molar-refractivity contribution in [3.05, 3.63) is 23.7 Å². The molecule has 0 saturated carbocycles. The number of carbonyl (C=O) groups excluding carboxylic acids is 1. The van der Waals surface area contributed by atoms with Crippen LogP contribution in [0.2, 0.25) is 0 Å². The van der Waals surface area contributed by atoms with E-state index in [0.29, 0.717) is 12.6 Å². The van der Waals surface area contributed by atoms with Gasteiger partial charge < -0.3 is 14.5 Å². The molecule has 0 radical (unpaired) electrons. The second-order valence-corrected chi connectivity index (χ2v) is 4.58. The minimum atomic E-state index is -0.391. The highest BCUT2D eigenvalue weighted by atomic mass is 16.5. The molecule has 0 aromatic carbocycles. The van der Waals surface area contributed by atoms with E-state index >= 15 is 0 Å². The highest BCUT2D eigenvalue weighted by Crippen LogP contribution is 2.13. The van der Waals surface area contributed by atoms with E-state index in [9.17, 15) is 4.79 Å². The standard InChI is InChI=1S/C13H20N2O3/c1-3-17-13(16)12-5-4-11(18-12)9-15-7-6-14-10(2)8-15/h4-5,10,14H,3,6-9H2,1-2H3/t10-/m1/s1. The van der Waals surface area contributed by atoms with E-state index in [1.54, 1.807) is 13.0 Å². The Labute approximate surface area is 107 Å². The summed E-state index contributed by atoms with van der Waals surface area (Å²) in [5.74, 6) is 0.708. The summed E-state index contributed by atoms with van der Waals surface area (Å²) < 4.78 is 10.4. The average Bonchev–Trinajstić information content (AvgIpc) is 2.78. The van der Waals surface area contributed by atoms with Gasteiger partial charge in [-0.3, -0.25) is 4.90 Å². The van der Waals surface area contributed by atoms with Gasteiger partial charge in [0.05, 0.1) is 13.2 Å².